The molecule has 5 rings (SSSR count). The predicted molar refractivity (Wildman–Crippen MR) is 146 cm³/mol. The number of H-pyrrole nitrogens is 1. The van der Waals surface area contributed by atoms with Crippen molar-refractivity contribution < 1.29 is 13.2 Å². The van der Waals surface area contributed by atoms with E-state index in [1.807, 2.05) is 24.3 Å². The molecule has 3 aromatic carbocycles. The first kappa shape index (κ1) is 25.2. The highest BCUT2D eigenvalue weighted by Crippen LogP contribution is 2.33. The monoisotopic (exact) mass is 579 g/mol. The van der Waals surface area contributed by atoms with Crippen molar-refractivity contribution in [2.75, 3.05) is 18.0 Å². The quantitative estimate of drug-likeness (QED) is 0.342. The zero-order valence-electron chi connectivity index (χ0n) is 19.9. The Balaban J connectivity index is 1.53. The number of halogens is 1. The van der Waals surface area contributed by atoms with Crippen LogP contribution in [0.5, 0.6) is 0 Å². The number of amides is 1. The number of fused-ring (bicyclic) bond motifs is 1. The van der Waals surface area contributed by atoms with E-state index >= 15 is 0 Å². The molecular formula is C27H26BrN5O3S. The third-order valence-electron chi connectivity index (χ3n) is 6.35. The van der Waals surface area contributed by atoms with Gasteiger partial charge in [-0.05, 0) is 48.0 Å². The van der Waals surface area contributed by atoms with Gasteiger partial charge in [-0.2, -0.15) is 4.31 Å². The van der Waals surface area contributed by atoms with Gasteiger partial charge < -0.3 is 15.2 Å². The predicted octanol–water partition coefficient (Wildman–Crippen LogP) is 4.18. The standard InChI is InChI=1S/C27H26BrN5O3S/c28-22-11-12-26-21(13-22)16-33(37(35,36)25-9-5-2-6-10-25)24(18-32(26)17-23-14-29-19-31-23)15-30-27(34)20-7-3-1-4-8-20/h1-14,19,24H,15-18H2,(H,29,31)(H,30,34). The molecule has 2 N–H and O–H groups in total. The third kappa shape index (κ3) is 5.61. The van der Waals surface area contributed by atoms with E-state index in [4.69, 9.17) is 0 Å². The number of rotatable bonds is 7. The number of anilines is 1. The Labute approximate surface area is 224 Å². The molecule has 0 fully saturated rings. The van der Waals surface area contributed by atoms with Gasteiger partial charge in [0.15, 0.2) is 0 Å². The number of sulfonamides is 1. The molecule has 1 aromatic heterocycles. The van der Waals surface area contributed by atoms with Gasteiger partial charge >= 0.3 is 0 Å². The van der Waals surface area contributed by atoms with Crippen LogP contribution in [0.15, 0.2) is 101 Å². The smallest absolute Gasteiger partial charge is 0.251 e. The number of benzene rings is 3. The fraction of sp³-hybridized carbons (Fsp3) is 0.185. The second-order valence-electron chi connectivity index (χ2n) is 8.82. The van der Waals surface area contributed by atoms with Crippen molar-refractivity contribution in [1.29, 1.82) is 0 Å². The van der Waals surface area contributed by atoms with E-state index in [2.05, 4.69) is 36.1 Å². The molecule has 0 saturated heterocycles. The van der Waals surface area contributed by atoms with Gasteiger partial charge in [0.2, 0.25) is 10.0 Å². The van der Waals surface area contributed by atoms with Crippen molar-refractivity contribution in [2.24, 2.45) is 0 Å². The van der Waals surface area contributed by atoms with Gasteiger partial charge in [-0.1, -0.05) is 52.3 Å². The number of carbonyl (C=O) groups is 1. The number of nitrogens with one attached hydrogen (secondary N) is 2. The van der Waals surface area contributed by atoms with Crippen LogP contribution in [0.2, 0.25) is 0 Å². The SMILES string of the molecule is O=C(NCC1CN(Cc2cnc[nH]2)c2ccc(Br)cc2CN1S(=O)(=O)c1ccccc1)c1ccccc1. The van der Waals surface area contributed by atoms with Crippen molar-refractivity contribution in [2.45, 2.75) is 24.0 Å². The van der Waals surface area contributed by atoms with Crippen molar-refractivity contribution >= 4 is 37.5 Å². The summed E-state index contributed by atoms with van der Waals surface area (Å²) in [5.41, 5.74) is 3.23. The van der Waals surface area contributed by atoms with Crippen LogP contribution in [-0.4, -0.2) is 47.7 Å². The summed E-state index contributed by atoms with van der Waals surface area (Å²) in [5.74, 6) is -0.248. The molecule has 10 heteroatoms. The Morgan fingerprint density at radius 1 is 1.05 bits per heavy atom. The van der Waals surface area contributed by atoms with Gasteiger partial charge in [0.25, 0.3) is 5.91 Å². The third-order valence-corrected chi connectivity index (χ3v) is 8.75. The van der Waals surface area contributed by atoms with E-state index in [0.29, 0.717) is 18.7 Å². The molecule has 1 unspecified atom stereocenters. The molecule has 0 aliphatic carbocycles. The van der Waals surface area contributed by atoms with Crippen LogP contribution in [0.1, 0.15) is 21.6 Å². The second kappa shape index (κ2) is 10.9. The highest BCUT2D eigenvalue weighted by molar-refractivity contribution is 9.10. The lowest BCUT2D eigenvalue weighted by molar-refractivity contribution is 0.0944. The zero-order valence-corrected chi connectivity index (χ0v) is 22.3. The first-order valence-corrected chi connectivity index (χ1v) is 14.1. The molecule has 0 spiro atoms. The summed E-state index contributed by atoms with van der Waals surface area (Å²) in [7, 11) is -3.87. The maximum atomic E-state index is 14.0. The largest absolute Gasteiger partial charge is 0.364 e. The van der Waals surface area contributed by atoms with Gasteiger partial charge in [0, 0.05) is 41.6 Å². The molecule has 0 bridgehead atoms. The van der Waals surface area contributed by atoms with Gasteiger partial charge in [-0.15, -0.1) is 0 Å². The Morgan fingerprint density at radius 2 is 1.78 bits per heavy atom. The number of hydrogen-bond donors (Lipinski definition) is 2. The van der Waals surface area contributed by atoms with Crippen molar-refractivity contribution in [1.82, 2.24) is 19.6 Å². The zero-order chi connectivity index (χ0) is 25.8. The Hall–Kier alpha value is -3.47. The lowest BCUT2D eigenvalue weighted by Crippen LogP contribution is -2.50. The van der Waals surface area contributed by atoms with Gasteiger partial charge in [-0.3, -0.25) is 4.79 Å². The first-order valence-electron chi connectivity index (χ1n) is 11.8. The minimum absolute atomic E-state index is 0.147. The van der Waals surface area contributed by atoms with Crippen molar-refractivity contribution in [3.8, 4) is 0 Å². The molecule has 8 nitrogen and oxygen atoms in total. The van der Waals surface area contributed by atoms with Gasteiger partial charge in [0.05, 0.1) is 29.5 Å². The lowest BCUT2D eigenvalue weighted by Gasteiger charge is -2.32. The lowest BCUT2D eigenvalue weighted by atomic mass is 10.1. The molecule has 4 aromatic rings. The molecule has 1 amide bonds. The number of imidazole rings is 1. The minimum atomic E-state index is -3.87. The minimum Gasteiger partial charge on any atom is -0.364 e. The normalized spacial score (nSPS) is 16.1. The van der Waals surface area contributed by atoms with E-state index in [0.717, 1.165) is 21.4 Å². The number of aromatic amines is 1. The topological polar surface area (TPSA) is 98.4 Å². The fourth-order valence-corrected chi connectivity index (χ4v) is 6.56. The number of carbonyl (C=O) groups excluding carboxylic acids is 1. The van der Waals surface area contributed by atoms with Crippen LogP contribution in [0.4, 0.5) is 5.69 Å². The molecule has 190 valence electrons. The Kier molecular flexibility index (Phi) is 7.40. The van der Waals surface area contributed by atoms with Gasteiger partial charge in [-0.25, -0.2) is 13.4 Å². The molecular weight excluding hydrogens is 554 g/mol. The Bertz CT molecular complexity index is 1460. The maximum absolute atomic E-state index is 14.0. The number of nitrogens with zero attached hydrogens (tertiary/aromatic N) is 3. The summed E-state index contributed by atoms with van der Waals surface area (Å²) < 4.78 is 30.3. The average Bonchev–Trinajstić information content (AvgIpc) is 3.38. The van der Waals surface area contributed by atoms with Crippen LogP contribution in [0, 0.1) is 0 Å². The molecule has 1 atom stereocenters. The molecule has 1 aliphatic heterocycles. The highest BCUT2D eigenvalue weighted by atomic mass is 79.9. The summed E-state index contributed by atoms with van der Waals surface area (Å²) in [6.45, 7) is 1.19. The van der Waals surface area contributed by atoms with Crippen LogP contribution in [0.3, 0.4) is 0 Å². The summed E-state index contributed by atoms with van der Waals surface area (Å²) in [4.78, 5) is 22.5. The number of aromatic nitrogens is 2. The van der Waals surface area contributed by atoms with E-state index in [-0.39, 0.29) is 23.9 Å². The summed E-state index contributed by atoms with van der Waals surface area (Å²) in [5, 5.41) is 2.97. The fourth-order valence-electron chi connectivity index (χ4n) is 4.53. The highest BCUT2D eigenvalue weighted by Gasteiger charge is 2.36. The molecule has 0 saturated carbocycles. The summed E-state index contributed by atoms with van der Waals surface area (Å²) in [6, 6.07) is 22.7. The van der Waals surface area contributed by atoms with Gasteiger partial charge in [0.1, 0.15) is 0 Å². The second-order valence-corrected chi connectivity index (χ2v) is 11.6. The van der Waals surface area contributed by atoms with Crippen LogP contribution in [0.25, 0.3) is 0 Å². The summed E-state index contributed by atoms with van der Waals surface area (Å²) >= 11 is 3.54. The van der Waals surface area contributed by atoms with Crippen molar-refractivity contribution in [3.05, 3.63) is 113 Å². The molecule has 2 heterocycles. The van der Waals surface area contributed by atoms with Crippen LogP contribution in [-0.2, 0) is 23.1 Å². The van der Waals surface area contributed by atoms with Crippen LogP contribution < -0.4 is 10.2 Å². The van der Waals surface area contributed by atoms with E-state index in [1.165, 1.54) is 4.31 Å². The van der Waals surface area contributed by atoms with E-state index < -0.39 is 16.1 Å². The van der Waals surface area contributed by atoms with Crippen LogP contribution >= 0.6 is 15.9 Å². The van der Waals surface area contributed by atoms with E-state index in [1.54, 1.807) is 67.1 Å². The molecule has 1 aliphatic rings. The Morgan fingerprint density at radius 3 is 2.49 bits per heavy atom. The molecule has 0 radical (unpaired) electrons. The average molecular weight is 581 g/mol. The summed E-state index contributed by atoms with van der Waals surface area (Å²) in [6.07, 6.45) is 3.38. The first-order chi connectivity index (χ1) is 17.9. The van der Waals surface area contributed by atoms with E-state index in [9.17, 15) is 13.2 Å². The van der Waals surface area contributed by atoms with Crippen molar-refractivity contribution in [3.63, 3.8) is 0 Å². The maximum Gasteiger partial charge on any atom is 0.251 e. The number of hydrogen-bond acceptors (Lipinski definition) is 5. The molecule has 37 heavy (non-hydrogen) atoms.